The van der Waals surface area contributed by atoms with Crippen molar-refractivity contribution >= 4 is 67.8 Å². The van der Waals surface area contributed by atoms with Gasteiger partial charge in [0.05, 0.1) is 21.3 Å². The van der Waals surface area contributed by atoms with Gasteiger partial charge in [-0.1, -0.05) is 71.7 Å². The number of fused-ring (bicyclic) bond motifs is 3. The third kappa shape index (κ3) is 3.67. The molecule has 0 aliphatic carbocycles. The second-order valence-electron chi connectivity index (χ2n) is 7.24. The van der Waals surface area contributed by atoms with E-state index in [4.69, 9.17) is 23.2 Å². The SMILES string of the molecule is O=c1c2cc(C=Cc3ccc4cc(F)c(Cl)cc4n3)ccc2ccc2cccc(Cl)c12. The van der Waals surface area contributed by atoms with Gasteiger partial charge in [0.25, 0.3) is 0 Å². The zero-order chi connectivity index (χ0) is 21.5. The monoisotopic (exact) mass is 445 g/mol. The minimum atomic E-state index is -0.468. The van der Waals surface area contributed by atoms with Crippen molar-refractivity contribution in [3.8, 4) is 0 Å². The van der Waals surface area contributed by atoms with E-state index in [1.807, 2.05) is 54.6 Å². The molecule has 5 heteroatoms. The normalized spacial score (nSPS) is 11.7. The highest BCUT2D eigenvalue weighted by atomic mass is 35.5. The Labute approximate surface area is 187 Å². The molecular weight excluding hydrogens is 432 g/mol. The van der Waals surface area contributed by atoms with Crippen LogP contribution in [0, 0.1) is 5.82 Å². The van der Waals surface area contributed by atoms with Gasteiger partial charge in [0.1, 0.15) is 5.82 Å². The molecular formula is C26H14Cl2FNO. The van der Waals surface area contributed by atoms with Gasteiger partial charge < -0.3 is 0 Å². The van der Waals surface area contributed by atoms with Crippen LogP contribution in [0.25, 0.3) is 44.6 Å². The van der Waals surface area contributed by atoms with Gasteiger partial charge in [-0.25, -0.2) is 9.37 Å². The van der Waals surface area contributed by atoms with Crippen LogP contribution >= 0.6 is 23.2 Å². The molecule has 31 heavy (non-hydrogen) atoms. The van der Waals surface area contributed by atoms with Gasteiger partial charge in [-0.3, -0.25) is 4.79 Å². The first-order chi connectivity index (χ1) is 15.0. The number of nitrogens with zero attached hydrogens (tertiary/aromatic N) is 1. The predicted molar refractivity (Wildman–Crippen MR) is 128 cm³/mol. The van der Waals surface area contributed by atoms with E-state index in [0.29, 0.717) is 32.4 Å². The Kier molecular flexibility index (Phi) is 4.93. The number of halogens is 3. The van der Waals surface area contributed by atoms with Gasteiger partial charge in [-0.05, 0) is 52.7 Å². The molecule has 0 fully saturated rings. The maximum absolute atomic E-state index is 13.6. The zero-order valence-electron chi connectivity index (χ0n) is 16.1. The lowest BCUT2D eigenvalue weighted by atomic mass is 10.1. The Morgan fingerprint density at radius 3 is 2.42 bits per heavy atom. The molecule has 4 aromatic carbocycles. The molecule has 1 aromatic heterocycles. The summed E-state index contributed by atoms with van der Waals surface area (Å²) in [6.45, 7) is 0. The van der Waals surface area contributed by atoms with Crippen LogP contribution < -0.4 is 5.43 Å². The van der Waals surface area contributed by atoms with Crippen molar-refractivity contribution in [3.05, 3.63) is 110 Å². The smallest absolute Gasteiger partial charge is 0.195 e. The van der Waals surface area contributed by atoms with E-state index >= 15 is 0 Å². The molecule has 0 radical (unpaired) electrons. The van der Waals surface area contributed by atoms with Crippen molar-refractivity contribution in [3.63, 3.8) is 0 Å². The molecule has 0 saturated carbocycles. The van der Waals surface area contributed by atoms with Gasteiger partial charge in [0, 0.05) is 16.2 Å². The van der Waals surface area contributed by atoms with Crippen LogP contribution in [0.4, 0.5) is 4.39 Å². The molecule has 0 N–H and O–H groups in total. The Hall–Kier alpha value is -3.27. The van der Waals surface area contributed by atoms with Crippen molar-refractivity contribution in [1.29, 1.82) is 0 Å². The van der Waals surface area contributed by atoms with E-state index in [0.717, 1.165) is 16.3 Å². The largest absolute Gasteiger partial charge is 0.289 e. The van der Waals surface area contributed by atoms with Crippen molar-refractivity contribution in [1.82, 2.24) is 4.98 Å². The van der Waals surface area contributed by atoms with Gasteiger partial charge in [0.15, 0.2) is 5.43 Å². The van der Waals surface area contributed by atoms with Gasteiger partial charge in [-0.15, -0.1) is 0 Å². The van der Waals surface area contributed by atoms with Crippen LogP contribution in [-0.4, -0.2) is 4.98 Å². The van der Waals surface area contributed by atoms with Crippen LogP contribution in [0.1, 0.15) is 11.3 Å². The Morgan fingerprint density at radius 1 is 0.774 bits per heavy atom. The second kappa shape index (κ2) is 7.77. The fourth-order valence-electron chi connectivity index (χ4n) is 3.66. The molecule has 0 saturated heterocycles. The van der Waals surface area contributed by atoms with Crippen LogP contribution in [-0.2, 0) is 0 Å². The third-order valence-corrected chi connectivity index (χ3v) is 5.84. The first-order valence-corrected chi connectivity index (χ1v) is 10.3. The van der Waals surface area contributed by atoms with E-state index in [2.05, 4.69) is 4.98 Å². The Balaban J connectivity index is 1.60. The summed E-state index contributed by atoms with van der Waals surface area (Å²) >= 11 is 12.2. The van der Waals surface area contributed by atoms with E-state index in [9.17, 15) is 9.18 Å². The summed E-state index contributed by atoms with van der Waals surface area (Å²) in [5, 5.41) is 3.92. The van der Waals surface area contributed by atoms with Crippen molar-refractivity contribution < 1.29 is 4.39 Å². The molecule has 150 valence electrons. The van der Waals surface area contributed by atoms with Gasteiger partial charge >= 0.3 is 0 Å². The second-order valence-corrected chi connectivity index (χ2v) is 8.06. The molecule has 0 atom stereocenters. The van der Waals surface area contributed by atoms with E-state index in [1.165, 1.54) is 12.1 Å². The molecule has 0 unspecified atom stereocenters. The number of aromatic nitrogens is 1. The molecule has 0 aliphatic rings. The first kappa shape index (κ1) is 19.7. The summed E-state index contributed by atoms with van der Waals surface area (Å²) < 4.78 is 13.6. The lowest BCUT2D eigenvalue weighted by molar-refractivity contribution is 0.630. The minimum Gasteiger partial charge on any atom is -0.289 e. The Bertz CT molecular complexity index is 1590. The predicted octanol–water partition coefficient (Wildman–Crippen LogP) is 7.52. The average molecular weight is 446 g/mol. The maximum atomic E-state index is 13.6. The number of pyridine rings is 1. The molecule has 5 rings (SSSR count). The van der Waals surface area contributed by atoms with Crippen LogP contribution in [0.5, 0.6) is 0 Å². The number of benzene rings is 3. The topological polar surface area (TPSA) is 30.0 Å². The number of hydrogen-bond acceptors (Lipinski definition) is 2. The molecule has 2 nitrogen and oxygen atoms in total. The molecule has 0 bridgehead atoms. The summed E-state index contributed by atoms with van der Waals surface area (Å²) in [5.74, 6) is -0.468. The molecule has 0 amide bonds. The van der Waals surface area contributed by atoms with E-state index in [-0.39, 0.29) is 10.5 Å². The quantitative estimate of drug-likeness (QED) is 0.281. The Morgan fingerprint density at radius 2 is 1.55 bits per heavy atom. The molecule has 1 heterocycles. The summed E-state index contributed by atoms with van der Waals surface area (Å²) in [6, 6.07) is 21.5. The van der Waals surface area contributed by atoms with E-state index < -0.39 is 5.82 Å². The lowest BCUT2D eigenvalue weighted by Crippen LogP contribution is -1.99. The number of rotatable bonds is 2. The van der Waals surface area contributed by atoms with Gasteiger partial charge in [-0.2, -0.15) is 0 Å². The average Bonchev–Trinajstić information content (AvgIpc) is 2.90. The molecule has 5 aromatic rings. The van der Waals surface area contributed by atoms with Crippen molar-refractivity contribution in [2.24, 2.45) is 0 Å². The van der Waals surface area contributed by atoms with E-state index in [1.54, 1.807) is 18.2 Å². The first-order valence-electron chi connectivity index (χ1n) is 9.59. The third-order valence-electron chi connectivity index (χ3n) is 5.24. The summed E-state index contributed by atoms with van der Waals surface area (Å²) in [4.78, 5) is 17.7. The summed E-state index contributed by atoms with van der Waals surface area (Å²) in [6.07, 6.45) is 3.73. The summed E-state index contributed by atoms with van der Waals surface area (Å²) in [7, 11) is 0. The van der Waals surface area contributed by atoms with Crippen molar-refractivity contribution in [2.75, 3.05) is 0 Å². The highest BCUT2D eigenvalue weighted by Gasteiger charge is 2.07. The zero-order valence-corrected chi connectivity index (χ0v) is 17.6. The van der Waals surface area contributed by atoms with Gasteiger partial charge in [0.2, 0.25) is 0 Å². The maximum Gasteiger partial charge on any atom is 0.195 e. The molecule has 0 spiro atoms. The van der Waals surface area contributed by atoms with Crippen LogP contribution in [0.15, 0.2) is 77.6 Å². The molecule has 0 aliphatic heterocycles. The fourth-order valence-corrected chi connectivity index (χ4v) is 4.09. The fraction of sp³-hybridized carbons (Fsp3) is 0. The highest BCUT2D eigenvalue weighted by Crippen LogP contribution is 2.24. The van der Waals surface area contributed by atoms with Crippen LogP contribution in [0.2, 0.25) is 10.0 Å². The standard InChI is InChI=1S/C26H14Cl2FNO/c27-21-3-1-2-17-8-7-16-6-4-15(12-20(16)26(31)25(17)21)5-10-19-11-9-18-13-23(29)22(28)14-24(18)30-19/h1-14H. The lowest BCUT2D eigenvalue weighted by Gasteiger charge is -2.01. The van der Waals surface area contributed by atoms with Crippen LogP contribution in [0.3, 0.4) is 0 Å². The summed E-state index contributed by atoms with van der Waals surface area (Å²) in [5.41, 5.74) is 2.07. The van der Waals surface area contributed by atoms with Crippen molar-refractivity contribution in [2.45, 2.75) is 0 Å². The highest BCUT2D eigenvalue weighted by molar-refractivity contribution is 6.35. The number of hydrogen-bond donors (Lipinski definition) is 0. The minimum absolute atomic E-state index is 0.0393.